The van der Waals surface area contributed by atoms with Gasteiger partial charge in [0.2, 0.25) is 11.8 Å². The fourth-order valence-corrected chi connectivity index (χ4v) is 3.95. The van der Waals surface area contributed by atoms with Gasteiger partial charge in [0.1, 0.15) is 17.7 Å². The zero-order valence-corrected chi connectivity index (χ0v) is 14.1. The van der Waals surface area contributed by atoms with E-state index in [4.69, 9.17) is 9.47 Å². The van der Waals surface area contributed by atoms with Gasteiger partial charge in [-0.25, -0.2) is 9.97 Å². The molecule has 4 rings (SSSR count). The predicted octanol–water partition coefficient (Wildman–Crippen LogP) is 1.09. The number of hydrogen-bond donors (Lipinski definition) is 0. The van der Waals surface area contributed by atoms with Crippen LogP contribution in [0.15, 0.2) is 12.4 Å². The number of ether oxygens (including phenoxy) is 2. The zero-order valence-electron chi connectivity index (χ0n) is 14.1. The molecule has 0 aromatic carbocycles. The number of methoxy groups -OCH3 is 1. The molecule has 3 saturated heterocycles. The first-order valence-electron chi connectivity index (χ1n) is 8.70. The summed E-state index contributed by atoms with van der Waals surface area (Å²) in [4.78, 5) is 24.3. The van der Waals surface area contributed by atoms with Crippen LogP contribution in [0.3, 0.4) is 0 Å². The van der Waals surface area contributed by atoms with Crippen LogP contribution in [-0.2, 0) is 9.53 Å². The Bertz CT molecular complexity index is 608. The summed E-state index contributed by atoms with van der Waals surface area (Å²) < 4.78 is 11.4. The van der Waals surface area contributed by atoms with Gasteiger partial charge in [-0.1, -0.05) is 0 Å². The summed E-state index contributed by atoms with van der Waals surface area (Å²) in [7, 11) is 1.61. The Balaban J connectivity index is 1.28. The van der Waals surface area contributed by atoms with E-state index >= 15 is 0 Å². The number of carbonyl (C=O) groups excluding carboxylic acids is 1. The maximum atomic E-state index is 11.8. The van der Waals surface area contributed by atoms with E-state index in [-0.39, 0.29) is 5.60 Å². The molecule has 7 heteroatoms. The number of nitrogens with zero attached hydrogens (tertiary/aromatic N) is 4. The Morgan fingerprint density at radius 2 is 2.29 bits per heavy atom. The summed E-state index contributed by atoms with van der Waals surface area (Å²) in [6.45, 7) is 4.27. The minimum absolute atomic E-state index is 0.0380. The molecular formula is C17H24N4O3. The van der Waals surface area contributed by atoms with Crippen molar-refractivity contribution in [2.24, 2.45) is 5.92 Å². The van der Waals surface area contributed by atoms with Gasteiger partial charge >= 0.3 is 0 Å². The largest absolute Gasteiger partial charge is 0.481 e. The number of rotatable bonds is 4. The lowest BCUT2D eigenvalue weighted by molar-refractivity contribution is -0.134. The van der Waals surface area contributed by atoms with Crippen molar-refractivity contribution in [1.29, 1.82) is 0 Å². The Hall–Kier alpha value is -1.89. The molecule has 0 bridgehead atoms. The minimum atomic E-state index is -0.0380. The fourth-order valence-electron chi connectivity index (χ4n) is 3.95. The molecule has 0 N–H and O–H groups in total. The molecule has 3 aliphatic rings. The first-order valence-corrected chi connectivity index (χ1v) is 8.70. The molecule has 130 valence electrons. The van der Waals surface area contributed by atoms with E-state index in [1.807, 2.05) is 11.0 Å². The van der Waals surface area contributed by atoms with Gasteiger partial charge in [-0.2, -0.15) is 0 Å². The normalized spacial score (nSPS) is 25.9. The molecule has 1 amide bonds. The van der Waals surface area contributed by atoms with Crippen LogP contribution in [0, 0.1) is 5.92 Å². The highest BCUT2D eigenvalue weighted by molar-refractivity contribution is 5.78. The van der Waals surface area contributed by atoms with Crippen molar-refractivity contribution in [3.8, 4) is 5.88 Å². The number of anilines is 1. The average molecular weight is 332 g/mol. The summed E-state index contributed by atoms with van der Waals surface area (Å²) in [6.07, 6.45) is 5.44. The van der Waals surface area contributed by atoms with Gasteiger partial charge in [-0.3, -0.25) is 4.79 Å². The van der Waals surface area contributed by atoms with E-state index < -0.39 is 0 Å². The van der Waals surface area contributed by atoms with Gasteiger partial charge in [0, 0.05) is 31.5 Å². The summed E-state index contributed by atoms with van der Waals surface area (Å²) >= 11 is 0. The minimum Gasteiger partial charge on any atom is -0.481 e. The van der Waals surface area contributed by atoms with E-state index in [9.17, 15) is 4.79 Å². The fraction of sp³-hybridized carbons (Fsp3) is 0.706. The average Bonchev–Trinajstić information content (AvgIpc) is 2.98. The van der Waals surface area contributed by atoms with E-state index in [0.717, 1.165) is 64.3 Å². The lowest BCUT2D eigenvalue weighted by Crippen LogP contribution is -2.65. The monoisotopic (exact) mass is 332 g/mol. The highest BCUT2D eigenvalue weighted by Crippen LogP contribution is 2.38. The molecule has 4 heterocycles. The third-order valence-corrected chi connectivity index (χ3v) is 5.40. The number of aromatic nitrogens is 2. The summed E-state index contributed by atoms with van der Waals surface area (Å²) in [6, 6.07) is 1.86. The van der Waals surface area contributed by atoms with Crippen LogP contribution < -0.4 is 9.64 Å². The Kier molecular flexibility index (Phi) is 4.04. The second-order valence-corrected chi connectivity index (χ2v) is 7.12. The Morgan fingerprint density at radius 3 is 2.96 bits per heavy atom. The summed E-state index contributed by atoms with van der Waals surface area (Å²) in [5, 5.41) is 0. The molecular weight excluding hydrogens is 308 g/mol. The molecule has 0 saturated carbocycles. The van der Waals surface area contributed by atoms with E-state index in [0.29, 0.717) is 17.7 Å². The molecule has 0 radical (unpaired) electrons. The Labute approximate surface area is 142 Å². The van der Waals surface area contributed by atoms with Crippen molar-refractivity contribution in [2.75, 3.05) is 44.8 Å². The Morgan fingerprint density at radius 1 is 1.42 bits per heavy atom. The van der Waals surface area contributed by atoms with Crippen LogP contribution in [0.4, 0.5) is 5.82 Å². The van der Waals surface area contributed by atoms with Crippen molar-refractivity contribution in [1.82, 2.24) is 14.9 Å². The molecule has 0 aliphatic carbocycles. The van der Waals surface area contributed by atoms with Crippen LogP contribution >= 0.6 is 0 Å². The highest BCUT2D eigenvalue weighted by Gasteiger charge is 2.47. The topological polar surface area (TPSA) is 67.8 Å². The lowest BCUT2D eigenvalue weighted by Gasteiger charge is -2.53. The smallest absolute Gasteiger partial charge is 0.222 e. The zero-order chi connectivity index (χ0) is 16.6. The van der Waals surface area contributed by atoms with Crippen molar-refractivity contribution in [3.05, 3.63) is 12.4 Å². The van der Waals surface area contributed by atoms with Gasteiger partial charge in [0.15, 0.2) is 0 Å². The van der Waals surface area contributed by atoms with Crippen LogP contribution in [0.1, 0.15) is 25.7 Å². The van der Waals surface area contributed by atoms with Gasteiger partial charge in [0.05, 0.1) is 26.8 Å². The number of likely N-dealkylation sites (tertiary alicyclic amines) is 1. The summed E-state index contributed by atoms with van der Waals surface area (Å²) in [5.74, 6) is 2.26. The molecule has 24 heavy (non-hydrogen) atoms. The van der Waals surface area contributed by atoms with Crippen molar-refractivity contribution in [2.45, 2.75) is 31.3 Å². The number of hydrogen-bond acceptors (Lipinski definition) is 6. The maximum Gasteiger partial charge on any atom is 0.222 e. The SMILES string of the molecule is COc1cc(N2CC3(CC[C@H](CN4CCCC4=O)CO3)C2)ncn1. The summed E-state index contributed by atoms with van der Waals surface area (Å²) in [5.41, 5.74) is -0.0380. The van der Waals surface area contributed by atoms with E-state index in [2.05, 4.69) is 14.9 Å². The van der Waals surface area contributed by atoms with Crippen LogP contribution in [0.2, 0.25) is 0 Å². The van der Waals surface area contributed by atoms with Crippen molar-refractivity contribution in [3.63, 3.8) is 0 Å². The molecule has 3 fully saturated rings. The maximum absolute atomic E-state index is 11.8. The van der Waals surface area contributed by atoms with Crippen LogP contribution in [0.5, 0.6) is 5.88 Å². The first-order chi connectivity index (χ1) is 11.7. The molecule has 1 atom stereocenters. The van der Waals surface area contributed by atoms with Crippen LogP contribution in [-0.4, -0.2) is 66.3 Å². The van der Waals surface area contributed by atoms with Gasteiger partial charge in [-0.15, -0.1) is 0 Å². The third-order valence-electron chi connectivity index (χ3n) is 5.40. The lowest BCUT2D eigenvalue weighted by atomic mass is 9.83. The second-order valence-electron chi connectivity index (χ2n) is 7.12. The van der Waals surface area contributed by atoms with Gasteiger partial charge in [0.25, 0.3) is 0 Å². The quantitative estimate of drug-likeness (QED) is 0.822. The standard InChI is InChI=1S/C17H24N4O3/c1-23-15-7-14(18-12-19-15)21-10-17(11-21)5-4-13(9-24-17)8-20-6-2-3-16(20)22/h7,12-13H,2-6,8-11H2,1H3/t13-/m1/s1. The number of amides is 1. The van der Waals surface area contributed by atoms with Gasteiger partial charge in [-0.05, 0) is 19.3 Å². The van der Waals surface area contributed by atoms with E-state index in [1.165, 1.54) is 6.33 Å². The second kappa shape index (κ2) is 6.20. The molecule has 3 aliphatic heterocycles. The van der Waals surface area contributed by atoms with Crippen LogP contribution in [0.25, 0.3) is 0 Å². The molecule has 1 spiro atoms. The van der Waals surface area contributed by atoms with Crippen molar-refractivity contribution < 1.29 is 14.3 Å². The first kappa shape index (κ1) is 15.6. The molecule has 1 aromatic rings. The van der Waals surface area contributed by atoms with E-state index in [1.54, 1.807) is 7.11 Å². The number of carbonyl (C=O) groups is 1. The van der Waals surface area contributed by atoms with Gasteiger partial charge < -0.3 is 19.3 Å². The molecule has 0 unspecified atom stereocenters. The molecule has 7 nitrogen and oxygen atoms in total. The highest BCUT2D eigenvalue weighted by atomic mass is 16.5. The predicted molar refractivity (Wildman–Crippen MR) is 88.0 cm³/mol. The third kappa shape index (κ3) is 2.92. The van der Waals surface area contributed by atoms with Crippen molar-refractivity contribution >= 4 is 11.7 Å². The molecule has 1 aromatic heterocycles.